The number of aromatic hydroxyl groups is 1. The molecule has 2 fully saturated rings. The van der Waals surface area contributed by atoms with Crippen molar-refractivity contribution in [1.82, 2.24) is 20.1 Å². The fourth-order valence-electron chi connectivity index (χ4n) is 11.4. The van der Waals surface area contributed by atoms with Crippen LogP contribution in [0.5, 0.6) is 34.5 Å². The number of aromatic nitrogens is 1. The number of ether oxygens (including phenoxy) is 6. The molecule has 62 heavy (non-hydrogen) atoms. The van der Waals surface area contributed by atoms with Gasteiger partial charge in [0.1, 0.15) is 30.4 Å². The van der Waals surface area contributed by atoms with E-state index < -0.39 is 46.6 Å². The summed E-state index contributed by atoms with van der Waals surface area (Å²) < 4.78 is 37.4. The van der Waals surface area contributed by atoms with E-state index in [2.05, 4.69) is 26.2 Å². The van der Waals surface area contributed by atoms with Crippen LogP contribution in [-0.4, -0.2) is 95.1 Å². The number of para-hydroxylation sites is 1. The summed E-state index contributed by atoms with van der Waals surface area (Å²) in [4.78, 5) is 36.1. The second kappa shape index (κ2) is 14.3. The van der Waals surface area contributed by atoms with Gasteiger partial charge in [-0.1, -0.05) is 48.5 Å². The number of piperazine rings is 1. The van der Waals surface area contributed by atoms with Crippen molar-refractivity contribution in [2.45, 2.75) is 74.9 Å². The number of phenols is 1. The lowest BCUT2D eigenvalue weighted by Crippen LogP contribution is -2.70. The van der Waals surface area contributed by atoms with Crippen molar-refractivity contribution in [1.29, 1.82) is 0 Å². The monoisotopic (exact) mass is 860 g/mol. The zero-order chi connectivity index (χ0) is 42.8. The van der Waals surface area contributed by atoms with Gasteiger partial charge in [0.25, 0.3) is 0 Å². The van der Waals surface area contributed by atoms with Gasteiger partial charge in [-0.2, -0.15) is 0 Å². The number of esters is 2. The first-order valence-corrected chi connectivity index (χ1v) is 22.1. The molecule has 14 nitrogen and oxygen atoms in total. The number of carbonyl (C=O) groups is 2. The largest absolute Gasteiger partial charge is 0.504 e. The quantitative estimate of drug-likeness (QED) is 0.125. The van der Waals surface area contributed by atoms with E-state index in [1.165, 1.54) is 18.7 Å². The fraction of sp³-hybridized carbons (Fsp3) is 0.404. The Morgan fingerprint density at radius 1 is 1.03 bits per heavy atom. The van der Waals surface area contributed by atoms with Gasteiger partial charge in [0.2, 0.25) is 6.79 Å². The van der Waals surface area contributed by atoms with Crippen LogP contribution in [0.1, 0.15) is 74.5 Å². The van der Waals surface area contributed by atoms with Crippen molar-refractivity contribution in [3.8, 4) is 34.5 Å². The standard InChI is InChI=1S/C47H48N4O10S/c1-23-16-27-17-46(55)20-50(4)36(32(27)38(53)39(23)56-5)37-43-34-33(42-41(59-22-60-42)24(2)40(34)61-25(3)52)30(51(37)46)19-58-45(54)47(21-62-43)44-29(14-15-48-47)28-12-9-13-31(35(28)49-44)57-18-26-10-7-6-8-11-26/h6-13,16,30,36-37,43,48-49,53,55H,14-15,17-22H2,1-5H3/t30?,36-,37?,43-,46+,47-/m1/s1. The third-order valence-corrected chi connectivity index (χ3v) is 15.3. The Labute approximate surface area is 362 Å². The number of hydrogen-bond donors (Lipinski definition) is 4. The number of thioether (sulfide) groups is 1. The van der Waals surface area contributed by atoms with Crippen LogP contribution < -0.4 is 29.0 Å². The number of methoxy groups -OCH3 is 1. The lowest BCUT2D eigenvalue weighted by molar-refractivity contribution is -0.215. The van der Waals surface area contributed by atoms with Gasteiger partial charge >= 0.3 is 11.9 Å². The summed E-state index contributed by atoms with van der Waals surface area (Å²) >= 11 is 1.52. The number of aryl methyl sites for hydroxylation is 1. The van der Waals surface area contributed by atoms with E-state index in [9.17, 15) is 15.0 Å². The minimum absolute atomic E-state index is 0.0237. The highest BCUT2D eigenvalue weighted by molar-refractivity contribution is 7.99. The van der Waals surface area contributed by atoms with Crippen molar-refractivity contribution < 1.29 is 48.2 Å². The Bertz CT molecular complexity index is 2710. The summed E-state index contributed by atoms with van der Waals surface area (Å²) in [6.45, 7) is 5.99. The first-order chi connectivity index (χ1) is 29.9. The molecule has 3 unspecified atom stereocenters. The molecule has 322 valence electrons. The van der Waals surface area contributed by atoms with Gasteiger partial charge in [0.15, 0.2) is 28.5 Å². The summed E-state index contributed by atoms with van der Waals surface area (Å²) in [5, 5.41) is 29.5. The highest BCUT2D eigenvalue weighted by Crippen LogP contribution is 2.65. The average Bonchev–Trinajstić information content (AvgIpc) is 3.85. The molecule has 8 aliphatic rings. The van der Waals surface area contributed by atoms with E-state index in [1.54, 1.807) is 7.11 Å². The molecule has 9 heterocycles. The first-order valence-electron chi connectivity index (χ1n) is 21.0. The molecule has 7 atom stereocenters. The number of nitrogens with zero attached hydrogens (tertiary/aromatic N) is 2. The highest BCUT2D eigenvalue weighted by atomic mass is 32.2. The smallest absolute Gasteiger partial charge is 0.333 e. The molecule has 2 saturated heterocycles. The number of hydrogen-bond acceptors (Lipinski definition) is 14. The van der Waals surface area contributed by atoms with Gasteiger partial charge in [-0.25, -0.2) is 4.79 Å². The number of likely N-dealkylation sites (N-methyl/N-ethyl adjacent to an activating group) is 1. The molecule has 0 aliphatic carbocycles. The summed E-state index contributed by atoms with van der Waals surface area (Å²) in [5.41, 5.74) is 4.87. The minimum Gasteiger partial charge on any atom is -0.504 e. The molecular formula is C47H48N4O10S. The molecule has 8 aliphatic heterocycles. The summed E-state index contributed by atoms with van der Waals surface area (Å²) in [5.74, 6) is 1.56. The maximum absolute atomic E-state index is 15.2. The molecule has 0 amide bonds. The number of H-pyrrole nitrogens is 1. The number of aromatic amines is 1. The second-order valence-electron chi connectivity index (χ2n) is 17.4. The van der Waals surface area contributed by atoms with Crippen LogP contribution in [0, 0.1) is 13.8 Å². The Kier molecular flexibility index (Phi) is 9.08. The Balaban J connectivity index is 1.12. The normalized spacial score (nSPS) is 28.1. The molecule has 5 aromatic rings. The SMILES string of the molecule is COc1c(C)cc2c(c1O)[C@@H]1C3[C@@H]4SC[C@]5(NCCc6c5[nH]c5c(OCc7ccccc7)cccc65)C(=O)OCC(c5c6c(c(C)c(OC(C)=O)c54)OCO6)N3[C@](O)(C2)CN1C. The zero-order valence-corrected chi connectivity index (χ0v) is 35.9. The lowest BCUT2D eigenvalue weighted by atomic mass is 9.78. The number of fused-ring (bicyclic) bond motifs is 8. The van der Waals surface area contributed by atoms with E-state index in [1.807, 2.05) is 69.4 Å². The van der Waals surface area contributed by atoms with E-state index in [0.29, 0.717) is 76.3 Å². The molecule has 4 bridgehead atoms. The van der Waals surface area contributed by atoms with Crippen LogP contribution in [0.4, 0.5) is 0 Å². The van der Waals surface area contributed by atoms with Crippen molar-refractivity contribution >= 4 is 34.6 Å². The predicted molar refractivity (Wildman–Crippen MR) is 229 cm³/mol. The van der Waals surface area contributed by atoms with Gasteiger partial charge < -0.3 is 43.6 Å². The summed E-state index contributed by atoms with van der Waals surface area (Å²) in [7, 11) is 3.50. The maximum atomic E-state index is 15.2. The molecule has 15 heteroatoms. The Hall–Kier alpha value is -5.45. The van der Waals surface area contributed by atoms with Gasteiger partial charge in [-0.15, -0.1) is 11.8 Å². The van der Waals surface area contributed by atoms with E-state index in [-0.39, 0.29) is 37.9 Å². The Morgan fingerprint density at radius 3 is 2.63 bits per heavy atom. The van der Waals surface area contributed by atoms with Gasteiger partial charge in [-0.3, -0.25) is 19.9 Å². The number of rotatable bonds is 5. The number of carbonyl (C=O) groups excluding carboxylic acids is 2. The zero-order valence-electron chi connectivity index (χ0n) is 35.1. The number of aliphatic hydroxyl groups is 1. The molecule has 0 radical (unpaired) electrons. The lowest BCUT2D eigenvalue weighted by Gasteiger charge is -2.60. The van der Waals surface area contributed by atoms with E-state index in [0.717, 1.165) is 33.2 Å². The molecular weight excluding hydrogens is 813 g/mol. The van der Waals surface area contributed by atoms with Crippen LogP contribution in [-0.2, 0) is 39.3 Å². The van der Waals surface area contributed by atoms with Crippen LogP contribution in [0.15, 0.2) is 54.6 Å². The van der Waals surface area contributed by atoms with E-state index >= 15 is 4.79 Å². The summed E-state index contributed by atoms with van der Waals surface area (Å²) in [6.07, 6.45) is 0.842. The molecule has 1 spiro atoms. The molecule has 1 aromatic heterocycles. The minimum atomic E-state index is -1.51. The van der Waals surface area contributed by atoms with Crippen molar-refractivity contribution in [3.05, 3.63) is 105 Å². The average molecular weight is 861 g/mol. The maximum Gasteiger partial charge on any atom is 0.333 e. The van der Waals surface area contributed by atoms with Crippen molar-refractivity contribution in [2.75, 3.05) is 46.4 Å². The number of benzene rings is 4. The van der Waals surface area contributed by atoms with Gasteiger partial charge in [0.05, 0.1) is 35.7 Å². The molecule has 0 saturated carbocycles. The number of nitrogens with one attached hydrogen (secondary N) is 2. The summed E-state index contributed by atoms with van der Waals surface area (Å²) in [6, 6.07) is 16.1. The predicted octanol–water partition coefficient (Wildman–Crippen LogP) is 5.76. The topological polar surface area (TPSA) is 164 Å². The Morgan fingerprint density at radius 2 is 1.84 bits per heavy atom. The highest BCUT2D eigenvalue weighted by Gasteiger charge is 2.64. The number of phenolic OH excluding ortho intramolecular Hbond substituents is 1. The molecule has 4 N–H and O–H groups in total. The van der Waals surface area contributed by atoms with Crippen LogP contribution in [0.2, 0.25) is 0 Å². The van der Waals surface area contributed by atoms with Crippen LogP contribution in [0.3, 0.4) is 0 Å². The first kappa shape index (κ1) is 39.4. The van der Waals surface area contributed by atoms with Crippen molar-refractivity contribution in [2.24, 2.45) is 0 Å². The van der Waals surface area contributed by atoms with Gasteiger partial charge in [-0.05, 0) is 55.6 Å². The van der Waals surface area contributed by atoms with Gasteiger partial charge in [0, 0.05) is 65.9 Å². The fourth-order valence-corrected chi connectivity index (χ4v) is 13.1. The van der Waals surface area contributed by atoms with Crippen molar-refractivity contribution in [3.63, 3.8) is 0 Å². The van der Waals surface area contributed by atoms with E-state index in [4.69, 9.17) is 28.4 Å². The van der Waals surface area contributed by atoms with Crippen LogP contribution in [0.25, 0.3) is 10.9 Å². The third kappa shape index (κ3) is 5.57. The molecule has 4 aromatic carbocycles. The third-order valence-electron chi connectivity index (χ3n) is 13.8. The van der Waals surface area contributed by atoms with Crippen LogP contribution >= 0.6 is 11.8 Å². The second-order valence-corrected chi connectivity index (χ2v) is 18.5. The molecule has 13 rings (SSSR count).